The first-order valence-corrected chi connectivity index (χ1v) is 8.33. The van der Waals surface area contributed by atoms with E-state index >= 15 is 0 Å². The van der Waals surface area contributed by atoms with E-state index in [1.54, 1.807) is 13.2 Å². The zero-order chi connectivity index (χ0) is 18.8. The molecular weight excluding hydrogens is 338 g/mol. The van der Waals surface area contributed by atoms with Gasteiger partial charge in [-0.3, -0.25) is 10.1 Å². The third kappa shape index (κ3) is 3.35. The number of esters is 1. The number of ether oxygens (including phenoxy) is 2. The number of amides is 3. The Morgan fingerprint density at radius 1 is 1.27 bits per heavy atom. The highest BCUT2D eigenvalue weighted by Gasteiger charge is 2.31. The molecule has 3 amide bonds. The van der Waals surface area contributed by atoms with E-state index < -0.39 is 24.5 Å². The predicted molar refractivity (Wildman–Crippen MR) is 94.4 cm³/mol. The van der Waals surface area contributed by atoms with E-state index in [1.807, 2.05) is 24.4 Å². The average molecular weight is 359 g/mol. The van der Waals surface area contributed by atoms with Crippen LogP contribution in [-0.4, -0.2) is 43.2 Å². The lowest BCUT2D eigenvalue weighted by atomic mass is 10.1. The third-order valence-electron chi connectivity index (χ3n) is 4.39. The van der Waals surface area contributed by atoms with Crippen LogP contribution in [0.2, 0.25) is 0 Å². The van der Waals surface area contributed by atoms with Crippen molar-refractivity contribution >= 4 is 28.8 Å². The van der Waals surface area contributed by atoms with E-state index in [0.717, 1.165) is 29.4 Å². The fraction of sp³-hybridized carbons (Fsp3) is 0.389. The largest absolute Gasteiger partial charge is 0.497 e. The Labute approximate surface area is 150 Å². The zero-order valence-corrected chi connectivity index (χ0v) is 14.9. The summed E-state index contributed by atoms with van der Waals surface area (Å²) in [5.41, 5.74) is 2.15. The van der Waals surface area contributed by atoms with Crippen molar-refractivity contribution in [3.05, 3.63) is 29.5 Å². The van der Waals surface area contributed by atoms with Gasteiger partial charge in [0.2, 0.25) is 0 Å². The van der Waals surface area contributed by atoms with E-state index in [-0.39, 0.29) is 0 Å². The summed E-state index contributed by atoms with van der Waals surface area (Å²) in [6, 6.07) is 5.30. The van der Waals surface area contributed by atoms with Gasteiger partial charge in [0.1, 0.15) is 5.75 Å². The van der Waals surface area contributed by atoms with Crippen molar-refractivity contribution in [2.75, 3.05) is 20.8 Å². The number of benzene rings is 1. The molecular formula is C18H21N3O5. The average Bonchev–Trinajstić information content (AvgIpc) is 3.42. The summed E-state index contributed by atoms with van der Waals surface area (Å²) in [6.07, 6.45) is 2.14. The van der Waals surface area contributed by atoms with Gasteiger partial charge in [0, 0.05) is 29.7 Å². The normalized spacial score (nSPS) is 13.3. The number of fused-ring (bicyclic) bond motifs is 1. The number of hydrogen-bond donors (Lipinski definition) is 2. The second-order valence-corrected chi connectivity index (χ2v) is 6.15. The quantitative estimate of drug-likeness (QED) is 0.795. The number of carbonyl (C=O) groups excluding carboxylic acids is 3. The van der Waals surface area contributed by atoms with E-state index in [2.05, 4.69) is 9.88 Å². The fourth-order valence-electron chi connectivity index (χ4n) is 3.04. The van der Waals surface area contributed by atoms with Crippen molar-refractivity contribution in [3.63, 3.8) is 0 Å². The first-order chi connectivity index (χ1) is 12.5. The standard InChI is InChI=1S/C18H21N3O5/c1-10-16(17(23)26-9-15(22)20-18(24)19-2)13-8-12(25-3)6-7-14(13)21(10)11-4-5-11/h6-8,11H,4-5,9H2,1-3H3,(H2,19,20,22,24). The van der Waals surface area contributed by atoms with Crippen LogP contribution in [0.4, 0.5) is 4.79 Å². The molecule has 1 aromatic heterocycles. The van der Waals surface area contributed by atoms with Crippen molar-refractivity contribution in [3.8, 4) is 5.75 Å². The predicted octanol–water partition coefficient (Wildman–Crippen LogP) is 1.91. The molecule has 8 heteroatoms. The van der Waals surface area contributed by atoms with Crippen LogP contribution in [-0.2, 0) is 9.53 Å². The molecule has 3 rings (SSSR count). The van der Waals surface area contributed by atoms with Gasteiger partial charge in [-0.1, -0.05) is 0 Å². The molecule has 0 unspecified atom stereocenters. The van der Waals surface area contributed by atoms with Crippen LogP contribution in [0.5, 0.6) is 5.75 Å². The van der Waals surface area contributed by atoms with Crippen molar-refractivity contribution < 1.29 is 23.9 Å². The minimum absolute atomic E-state index is 0.379. The fourth-order valence-corrected chi connectivity index (χ4v) is 3.04. The Bertz CT molecular complexity index is 883. The highest BCUT2D eigenvalue weighted by atomic mass is 16.5. The number of hydrogen-bond acceptors (Lipinski definition) is 5. The minimum Gasteiger partial charge on any atom is -0.497 e. The van der Waals surface area contributed by atoms with Crippen LogP contribution >= 0.6 is 0 Å². The molecule has 0 aliphatic heterocycles. The van der Waals surface area contributed by atoms with Crippen molar-refractivity contribution in [2.45, 2.75) is 25.8 Å². The topological polar surface area (TPSA) is 98.7 Å². The molecule has 0 atom stereocenters. The maximum Gasteiger partial charge on any atom is 0.341 e. The molecule has 1 heterocycles. The zero-order valence-electron chi connectivity index (χ0n) is 14.9. The SMILES string of the molecule is CNC(=O)NC(=O)COC(=O)c1c(C)n(C2CC2)c2ccc(OC)cc12. The van der Waals surface area contributed by atoms with E-state index in [4.69, 9.17) is 9.47 Å². The smallest absolute Gasteiger partial charge is 0.341 e. The van der Waals surface area contributed by atoms with Crippen LogP contribution in [0.3, 0.4) is 0 Å². The number of nitrogens with one attached hydrogen (secondary N) is 2. The van der Waals surface area contributed by atoms with Crippen LogP contribution in [0.25, 0.3) is 10.9 Å². The van der Waals surface area contributed by atoms with Gasteiger partial charge in [0.05, 0.1) is 12.7 Å². The maximum absolute atomic E-state index is 12.6. The molecule has 26 heavy (non-hydrogen) atoms. The molecule has 1 fully saturated rings. The molecule has 1 saturated carbocycles. The molecule has 138 valence electrons. The van der Waals surface area contributed by atoms with Gasteiger partial charge in [-0.05, 0) is 38.0 Å². The molecule has 1 aromatic carbocycles. The van der Waals surface area contributed by atoms with Crippen molar-refractivity contribution in [2.24, 2.45) is 0 Å². The molecule has 0 bridgehead atoms. The van der Waals surface area contributed by atoms with Crippen LogP contribution in [0.15, 0.2) is 18.2 Å². The molecule has 2 aromatic rings. The lowest BCUT2D eigenvalue weighted by molar-refractivity contribution is -0.123. The van der Waals surface area contributed by atoms with Crippen molar-refractivity contribution in [1.29, 1.82) is 0 Å². The summed E-state index contributed by atoms with van der Waals surface area (Å²) in [5, 5.41) is 5.03. The first kappa shape index (κ1) is 17.8. The summed E-state index contributed by atoms with van der Waals surface area (Å²) in [4.78, 5) is 35.4. The van der Waals surface area contributed by atoms with Gasteiger partial charge in [-0.25, -0.2) is 9.59 Å². The van der Waals surface area contributed by atoms with Gasteiger partial charge in [-0.15, -0.1) is 0 Å². The maximum atomic E-state index is 12.6. The molecule has 0 radical (unpaired) electrons. The molecule has 1 aliphatic rings. The minimum atomic E-state index is -0.695. The Morgan fingerprint density at radius 3 is 2.62 bits per heavy atom. The molecule has 0 saturated heterocycles. The second-order valence-electron chi connectivity index (χ2n) is 6.15. The Kier molecular flexibility index (Phi) is 4.83. The molecule has 0 spiro atoms. The van der Waals surface area contributed by atoms with E-state index in [9.17, 15) is 14.4 Å². The Morgan fingerprint density at radius 2 is 2.00 bits per heavy atom. The lowest BCUT2D eigenvalue weighted by Gasteiger charge is -2.07. The van der Waals surface area contributed by atoms with Gasteiger partial charge in [-0.2, -0.15) is 0 Å². The summed E-state index contributed by atoms with van der Waals surface area (Å²) in [6.45, 7) is 1.33. The highest BCUT2D eigenvalue weighted by Crippen LogP contribution is 2.42. The summed E-state index contributed by atoms with van der Waals surface area (Å²) in [7, 11) is 2.95. The summed E-state index contributed by atoms with van der Waals surface area (Å²) in [5.74, 6) is -0.664. The lowest BCUT2D eigenvalue weighted by Crippen LogP contribution is -2.39. The van der Waals surface area contributed by atoms with Gasteiger partial charge < -0.3 is 19.4 Å². The van der Waals surface area contributed by atoms with Gasteiger partial charge >= 0.3 is 12.0 Å². The summed E-state index contributed by atoms with van der Waals surface area (Å²) >= 11 is 0. The number of nitrogens with zero attached hydrogens (tertiary/aromatic N) is 1. The molecule has 1 aliphatic carbocycles. The first-order valence-electron chi connectivity index (χ1n) is 8.33. The van der Waals surface area contributed by atoms with Gasteiger partial charge in [0.25, 0.3) is 5.91 Å². The monoisotopic (exact) mass is 359 g/mol. The highest BCUT2D eigenvalue weighted by molar-refractivity contribution is 6.07. The van der Waals surface area contributed by atoms with E-state index in [0.29, 0.717) is 17.4 Å². The van der Waals surface area contributed by atoms with Crippen molar-refractivity contribution in [1.82, 2.24) is 15.2 Å². The Hall–Kier alpha value is -3.03. The second kappa shape index (κ2) is 7.07. The third-order valence-corrected chi connectivity index (χ3v) is 4.39. The van der Waals surface area contributed by atoms with Crippen LogP contribution < -0.4 is 15.4 Å². The number of rotatable bonds is 5. The Balaban J connectivity index is 1.88. The number of methoxy groups -OCH3 is 1. The number of urea groups is 1. The van der Waals surface area contributed by atoms with E-state index in [1.165, 1.54) is 7.05 Å². The van der Waals surface area contributed by atoms with Gasteiger partial charge in [0.15, 0.2) is 6.61 Å². The summed E-state index contributed by atoms with van der Waals surface area (Å²) < 4.78 is 12.5. The molecule has 8 nitrogen and oxygen atoms in total. The van der Waals surface area contributed by atoms with Crippen LogP contribution in [0, 0.1) is 6.92 Å². The number of imide groups is 1. The number of aromatic nitrogens is 1. The number of carbonyl (C=O) groups is 3. The molecule has 2 N–H and O–H groups in total. The van der Waals surface area contributed by atoms with Crippen LogP contribution in [0.1, 0.15) is 34.9 Å².